The van der Waals surface area contributed by atoms with Crippen LogP contribution in [0.1, 0.15) is 29.3 Å². The van der Waals surface area contributed by atoms with Gasteiger partial charge in [-0.2, -0.15) is 0 Å². The van der Waals surface area contributed by atoms with E-state index in [1.807, 2.05) is 0 Å². The van der Waals surface area contributed by atoms with E-state index in [9.17, 15) is 29.7 Å². The van der Waals surface area contributed by atoms with Crippen molar-refractivity contribution >= 4 is 17.7 Å². The molecule has 0 unspecified atom stereocenters. The standard InChI is InChI=1S/C22H22O10/c1-10-6-14(23)18(26)19(30-3)17(10)21(28)32-15-8-11-7-12(4-5-16(24)25)31-9-13(11)20(27)22(15,2)29/h4-7,15,23,26,29H,8-9H2,1-3H3,(H,24,25)/t15-,22+/m1/s1. The van der Waals surface area contributed by atoms with E-state index in [1.54, 1.807) is 0 Å². The number of rotatable bonds is 5. The predicted octanol–water partition coefficient (Wildman–Crippen LogP) is 1.52. The lowest BCUT2D eigenvalue weighted by atomic mass is 9.77. The fourth-order valence-corrected chi connectivity index (χ4v) is 3.60. The number of benzene rings is 1. The maximum atomic E-state index is 12.9. The molecule has 1 heterocycles. The fraction of sp³-hybridized carbons (Fsp3) is 0.318. The first-order valence-electron chi connectivity index (χ1n) is 9.52. The normalized spacial score (nSPS) is 22.8. The summed E-state index contributed by atoms with van der Waals surface area (Å²) >= 11 is 0. The monoisotopic (exact) mass is 446 g/mol. The zero-order valence-corrected chi connectivity index (χ0v) is 17.5. The molecule has 2 atom stereocenters. The molecule has 10 heteroatoms. The van der Waals surface area contributed by atoms with Gasteiger partial charge in [-0.1, -0.05) is 0 Å². The van der Waals surface area contributed by atoms with Gasteiger partial charge in [-0.25, -0.2) is 9.59 Å². The highest BCUT2D eigenvalue weighted by Crippen LogP contribution is 2.42. The van der Waals surface area contributed by atoms with Crippen molar-refractivity contribution < 1.29 is 49.0 Å². The molecule has 0 bridgehead atoms. The Hall–Kier alpha value is -3.79. The van der Waals surface area contributed by atoms with Crippen LogP contribution in [0.25, 0.3) is 0 Å². The molecule has 32 heavy (non-hydrogen) atoms. The fourth-order valence-electron chi connectivity index (χ4n) is 3.60. The van der Waals surface area contributed by atoms with Gasteiger partial charge in [-0.15, -0.1) is 0 Å². The Morgan fingerprint density at radius 2 is 2.00 bits per heavy atom. The molecule has 1 aromatic rings. The molecule has 0 spiro atoms. The number of hydrogen-bond donors (Lipinski definition) is 4. The number of carbonyl (C=O) groups is 3. The van der Waals surface area contributed by atoms with Crippen molar-refractivity contribution in [1.82, 2.24) is 0 Å². The summed E-state index contributed by atoms with van der Waals surface area (Å²) in [6, 6.07) is 1.15. The molecule has 2 aliphatic rings. The summed E-state index contributed by atoms with van der Waals surface area (Å²) in [7, 11) is 1.20. The minimum Gasteiger partial charge on any atom is -0.504 e. The Kier molecular flexibility index (Phi) is 6.00. The highest BCUT2D eigenvalue weighted by atomic mass is 16.6. The van der Waals surface area contributed by atoms with Crippen LogP contribution in [0, 0.1) is 6.92 Å². The van der Waals surface area contributed by atoms with Gasteiger partial charge < -0.3 is 34.6 Å². The smallest absolute Gasteiger partial charge is 0.342 e. The minimum absolute atomic E-state index is 0.0426. The lowest BCUT2D eigenvalue weighted by molar-refractivity contribution is -0.146. The van der Waals surface area contributed by atoms with Crippen molar-refractivity contribution in [1.29, 1.82) is 0 Å². The molecule has 3 rings (SSSR count). The van der Waals surface area contributed by atoms with Gasteiger partial charge >= 0.3 is 11.9 Å². The van der Waals surface area contributed by atoms with Crippen LogP contribution in [0.15, 0.2) is 41.2 Å². The summed E-state index contributed by atoms with van der Waals surface area (Å²) < 4.78 is 15.9. The number of ether oxygens (including phenoxy) is 3. The molecular formula is C22H22O10. The number of carboxylic acid groups (broad SMARTS) is 1. The van der Waals surface area contributed by atoms with Gasteiger partial charge in [0.1, 0.15) is 24.0 Å². The number of carboxylic acids is 1. The van der Waals surface area contributed by atoms with Crippen LogP contribution < -0.4 is 4.74 Å². The molecule has 0 aromatic heterocycles. The molecule has 170 valence electrons. The van der Waals surface area contributed by atoms with Crippen LogP contribution in [0.4, 0.5) is 0 Å². The number of carbonyl (C=O) groups excluding carboxylic acids is 2. The molecule has 1 aliphatic heterocycles. The maximum absolute atomic E-state index is 12.9. The molecule has 0 amide bonds. The van der Waals surface area contributed by atoms with E-state index in [0.717, 1.165) is 12.1 Å². The third-order valence-electron chi connectivity index (χ3n) is 5.33. The number of aliphatic hydroxyl groups is 1. The minimum atomic E-state index is -2.06. The van der Waals surface area contributed by atoms with Gasteiger partial charge in [0.25, 0.3) is 0 Å². The summed E-state index contributed by atoms with van der Waals surface area (Å²) in [5.41, 5.74) is -1.34. The largest absolute Gasteiger partial charge is 0.504 e. The highest BCUT2D eigenvalue weighted by Gasteiger charge is 2.49. The van der Waals surface area contributed by atoms with Crippen LogP contribution in [0.5, 0.6) is 17.2 Å². The number of aromatic hydroxyl groups is 2. The van der Waals surface area contributed by atoms with Crippen LogP contribution in [0.3, 0.4) is 0 Å². The Balaban J connectivity index is 1.94. The van der Waals surface area contributed by atoms with Crippen LogP contribution in [0.2, 0.25) is 0 Å². The maximum Gasteiger partial charge on any atom is 0.342 e. The summed E-state index contributed by atoms with van der Waals surface area (Å²) in [6.07, 6.45) is 2.21. The molecule has 4 N–H and O–H groups in total. The quantitative estimate of drug-likeness (QED) is 0.297. The number of phenols is 2. The van der Waals surface area contributed by atoms with Gasteiger partial charge in [0, 0.05) is 18.1 Å². The van der Waals surface area contributed by atoms with E-state index < -0.39 is 40.9 Å². The number of hydrogen-bond acceptors (Lipinski definition) is 9. The second-order valence-corrected chi connectivity index (χ2v) is 7.55. The Morgan fingerprint density at radius 3 is 2.62 bits per heavy atom. The van der Waals surface area contributed by atoms with Gasteiger partial charge in [-0.05, 0) is 43.2 Å². The number of phenolic OH excluding ortho intramolecular Hbond substituents is 2. The third kappa shape index (κ3) is 4.04. The number of allylic oxidation sites excluding steroid dienone is 2. The van der Waals surface area contributed by atoms with E-state index >= 15 is 0 Å². The number of methoxy groups -OCH3 is 1. The molecule has 1 aliphatic carbocycles. The topological polar surface area (TPSA) is 160 Å². The van der Waals surface area contributed by atoms with Crippen molar-refractivity contribution in [3.63, 3.8) is 0 Å². The molecule has 0 fully saturated rings. The van der Waals surface area contributed by atoms with E-state index in [4.69, 9.17) is 19.3 Å². The first kappa shape index (κ1) is 22.9. The number of esters is 1. The lowest BCUT2D eigenvalue weighted by Gasteiger charge is -2.38. The SMILES string of the molecule is COc1c(O)c(O)cc(C)c1C(=O)O[C@@H]1CC2=C(COC(C=CC(=O)O)=C2)C(=O)[C@@]1(C)O. The van der Waals surface area contributed by atoms with Crippen LogP contribution in [-0.2, 0) is 19.1 Å². The summed E-state index contributed by atoms with van der Waals surface area (Å²) in [5.74, 6) is -4.08. The third-order valence-corrected chi connectivity index (χ3v) is 5.33. The summed E-state index contributed by atoms with van der Waals surface area (Å²) in [6.45, 7) is 2.55. The Bertz CT molecular complexity index is 1090. The molecule has 10 nitrogen and oxygen atoms in total. The molecule has 1 aromatic carbocycles. The Labute approximate surface area is 182 Å². The van der Waals surface area contributed by atoms with Crippen molar-refractivity contribution in [2.24, 2.45) is 0 Å². The van der Waals surface area contributed by atoms with Crippen LogP contribution in [-0.4, -0.2) is 63.6 Å². The predicted molar refractivity (Wildman–Crippen MR) is 108 cm³/mol. The van der Waals surface area contributed by atoms with Gasteiger partial charge in [0.05, 0.1) is 7.11 Å². The van der Waals surface area contributed by atoms with Crippen LogP contribution >= 0.6 is 0 Å². The van der Waals surface area contributed by atoms with E-state index in [1.165, 1.54) is 33.1 Å². The molecule has 0 saturated carbocycles. The number of Topliss-reactive ketones (excluding diaryl/α,β-unsaturated/α-hetero) is 1. The average Bonchev–Trinajstić information content (AvgIpc) is 2.72. The first-order valence-corrected chi connectivity index (χ1v) is 9.52. The number of ketones is 1. The first-order chi connectivity index (χ1) is 15.0. The average molecular weight is 446 g/mol. The molecule has 0 saturated heterocycles. The zero-order chi connectivity index (χ0) is 23.8. The second-order valence-electron chi connectivity index (χ2n) is 7.55. The van der Waals surface area contributed by atoms with Gasteiger partial charge in [-0.3, -0.25) is 4.79 Å². The lowest BCUT2D eigenvalue weighted by Crippen LogP contribution is -2.53. The van der Waals surface area contributed by atoms with Crippen molar-refractivity contribution in [3.05, 3.63) is 52.3 Å². The summed E-state index contributed by atoms with van der Waals surface area (Å²) in [5, 5.41) is 39.4. The number of aryl methyl sites for hydroxylation is 1. The molecular weight excluding hydrogens is 424 g/mol. The second kappa shape index (κ2) is 8.39. The van der Waals surface area contributed by atoms with Gasteiger partial charge in [0.2, 0.25) is 5.75 Å². The van der Waals surface area contributed by atoms with E-state index in [-0.39, 0.29) is 41.2 Å². The van der Waals surface area contributed by atoms with E-state index in [2.05, 4.69) is 0 Å². The zero-order valence-electron chi connectivity index (χ0n) is 17.5. The highest BCUT2D eigenvalue weighted by molar-refractivity contribution is 6.05. The van der Waals surface area contributed by atoms with Crippen molar-refractivity contribution in [3.8, 4) is 17.2 Å². The van der Waals surface area contributed by atoms with Crippen molar-refractivity contribution in [2.45, 2.75) is 32.0 Å². The Morgan fingerprint density at radius 1 is 1.31 bits per heavy atom. The van der Waals surface area contributed by atoms with Crippen molar-refractivity contribution in [2.75, 3.05) is 13.7 Å². The number of aliphatic carboxylic acids is 1. The van der Waals surface area contributed by atoms with Gasteiger partial charge in [0.15, 0.2) is 22.9 Å². The summed E-state index contributed by atoms with van der Waals surface area (Å²) in [4.78, 5) is 36.5. The van der Waals surface area contributed by atoms with E-state index in [0.29, 0.717) is 5.57 Å². The molecule has 0 radical (unpaired) electrons.